The largest absolute Gasteiger partial charge is 0.391 e. The molecule has 15 heavy (non-hydrogen) atoms. The van der Waals surface area contributed by atoms with Crippen LogP contribution in [0.2, 0.25) is 0 Å². The van der Waals surface area contributed by atoms with Crippen molar-refractivity contribution in [2.75, 3.05) is 26.4 Å². The fourth-order valence-electron chi connectivity index (χ4n) is 0.983. The van der Waals surface area contributed by atoms with Gasteiger partial charge in [0.15, 0.2) is 0 Å². The van der Waals surface area contributed by atoms with Crippen molar-refractivity contribution in [3.63, 3.8) is 0 Å². The molecule has 0 aliphatic heterocycles. The van der Waals surface area contributed by atoms with Crippen molar-refractivity contribution in [3.8, 4) is 0 Å². The molecule has 1 N–H and O–H groups in total. The van der Waals surface area contributed by atoms with Gasteiger partial charge in [-0.15, -0.1) is 0 Å². The summed E-state index contributed by atoms with van der Waals surface area (Å²) >= 11 is 0. The van der Waals surface area contributed by atoms with Crippen LogP contribution < -0.4 is 0 Å². The summed E-state index contributed by atoms with van der Waals surface area (Å²) in [7, 11) is 0. The van der Waals surface area contributed by atoms with Crippen LogP contribution in [0.25, 0.3) is 0 Å². The van der Waals surface area contributed by atoms with E-state index in [0.717, 1.165) is 0 Å². The highest BCUT2D eigenvalue weighted by Gasteiger charge is 2.07. The molecule has 0 aromatic rings. The van der Waals surface area contributed by atoms with Gasteiger partial charge in [-0.05, 0) is 27.7 Å². The minimum Gasteiger partial charge on any atom is -0.391 e. The Bertz CT molecular complexity index is 139. The molecule has 0 radical (unpaired) electrons. The lowest BCUT2D eigenvalue weighted by Crippen LogP contribution is -2.25. The lowest BCUT2D eigenvalue weighted by molar-refractivity contribution is -0.0690. The zero-order chi connectivity index (χ0) is 11.7. The van der Waals surface area contributed by atoms with E-state index >= 15 is 0 Å². The maximum Gasteiger partial charge on any atom is 0.0781 e. The number of ether oxygens (including phenoxy) is 3. The fraction of sp³-hybridized carbons (Fsp3) is 1.00. The van der Waals surface area contributed by atoms with Crippen molar-refractivity contribution >= 4 is 0 Å². The van der Waals surface area contributed by atoms with Crippen molar-refractivity contribution < 1.29 is 19.3 Å². The first-order valence-corrected chi connectivity index (χ1v) is 5.55. The van der Waals surface area contributed by atoms with Gasteiger partial charge in [0.25, 0.3) is 0 Å². The van der Waals surface area contributed by atoms with Crippen molar-refractivity contribution in [1.82, 2.24) is 0 Å². The third-order valence-corrected chi connectivity index (χ3v) is 1.79. The summed E-state index contributed by atoms with van der Waals surface area (Å²) < 4.78 is 16.1. The summed E-state index contributed by atoms with van der Waals surface area (Å²) in [5, 5.41) is 9.01. The van der Waals surface area contributed by atoms with Crippen molar-refractivity contribution in [2.24, 2.45) is 0 Å². The van der Waals surface area contributed by atoms with Gasteiger partial charge in [-0.3, -0.25) is 0 Å². The zero-order valence-electron chi connectivity index (χ0n) is 10.2. The number of aliphatic hydroxyl groups excluding tert-OH is 1. The van der Waals surface area contributed by atoms with Crippen LogP contribution in [-0.4, -0.2) is 49.8 Å². The summed E-state index contributed by atoms with van der Waals surface area (Å²) in [6.07, 6.45) is -0.334. The van der Waals surface area contributed by atoms with Gasteiger partial charge in [0.05, 0.1) is 38.1 Å². The van der Waals surface area contributed by atoms with E-state index in [1.165, 1.54) is 0 Å². The highest BCUT2D eigenvalue weighted by molar-refractivity contribution is 4.53. The summed E-state index contributed by atoms with van der Waals surface area (Å²) in [6, 6.07) is 0. The zero-order valence-corrected chi connectivity index (χ0v) is 10.2. The van der Waals surface area contributed by atoms with Crippen LogP contribution in [0.15, 0.2) is 0 Å². The average molecular weight is 220 g/mol. The van der Waals surface area contributed by atoms with Crippen LogP contribution in [0.1, 0.15) is 27.7 Å². The molecule has 0 fully saturated rings. The van der Waals surface area contributed by atoms with Crippen LogP contribution >= 0.6 is 0 Å². The van der Waals surface area contributed by atoms with E-state index in [2.05, 4.69) is 0 Å². The van der Waals surface area contributed by atoms with Gasteiger partial charge >= 0.3 is 0 Å². The van der Waals surface area contributed by atoms with Crippen LogP contribution in [0.4, 0.5) is 0 Å². The Morgan fingerprint density at radius 1 is 0.933 bits per heavy atom. The second kappa shape index (κ2) is 9.09. The molecule has 0 bridgehead atoms. The van der Waals surface area contributed by atoms with Crippen LogP contribution in [0.5, 0.6) is 0 Å². The monoisotopic (exact) mass is 220 g/mol. The first kappa shape index (κ1) is 14.8. The summed E-state index contributed by atoms with van der Waals surface area (Å²) in [6.45, 7) is 9.76. The Kier molecular flexibility index (Phi) is 9.00. The molecule has 0 aromatic heterocycles. The second-order valence-corrected chi connectivity index (χ2v) is 3.80. The number of aliphatic hydroxyl groups is 1. The Balaban J connectivity index is 3.39. The van der Waals surface area contributed by atoms with Gasteiger partial charge in [-0.25, -0.2) is 0 Å². The third kappa shape index (κ3) is 10.1. The van der Waals surface area contributed by atoms with Crippen LogP contribution in [-0.2, 0) is 14.2 Å². The molecule has 3 unspecified atom stereocenters. The molecule has 0 rings (SSSR count). The summed E-state index contributed by atoms with van der Waals surface area (Å²) in [5.74, 6) is 0. The first-order chi connectivity index (χ1) is 7.06. The first-order valence-electron chi connectivity index (χ1n) is 5.55. The molecule has 0 aromatic carbocycles. The molecular formula is C11H24O4. The Hall–Kier alpha value is -0.160. The maximum atomic E-state index is 9.01. The van der Waals surface area contributed by atoms with E-state index < -0.39 is 6.10 Å². The average Bonchev–Trinajstić information content (AvgIpc) is 2.20. The Morgan fingerprint density at radius 3 is 2.00 bits per heavy atom. The fourth-order valence-corrected chi connectivity index (χ4v) is 0.983. The second-order valence-electron chi connectivity index (χ2n) is 3.80. The van der Waals surface area contributed by atoms with Crippen molar-refractivity contribution in [2.45, 2.75) is 46.0 Å². The van der Waals surface area contributed by atoms with Gasteiger partial charge in [-0.1, -0.05) is 0 Å². The molecule has 0 saturated carbocycles. The van der Waals surface area contributed by atoms with Crippen LogP contribution in [0.3, 0.4) is 0 Å². The predicted molar refractivity (Wildman–Crippen MR) is 59.0 cm³/mol. The SMILES string of the molecule is CCOCC(C)OCC(C)OCC(C)O. The predicted octanol–water partition coefficient (Wildman–Crippen LogP) is 1.21. The number of hydrogen-bond donors (Lipinski definition) is 1. The van der Waals surface area contributed by atoms with Crippen molar-refractivity contribution in [3.05, 3.63) is 0 Å². The standard InChI is InChI=1S/C11H24O4/c1-5-13-7-10(3)15-8-11(4)14-6-9(2)12/h9-12H,5-8H2,1-4H3. The van der Waals surface area contributed by atoms with Crippen molar-refractivity contribution in [1.29, 1.82) is 0 Å². The lowest BCUT2D eigenvalue weighted by atomic mass is 10.4. The van der Waals surface area contributed by atoms with Gasteiger partial charge in [0, 0.05) is 6.61 Å². The van der Waals surface area contributed by atoms with E-state index in [1.807, 2.05) is 20.8 Å². The smallest absolute Gasteiger partial charge is 0.0781 e. The minimum absolute atomic E-state index is 0.00340. The summed E-state index contributed by atoms with van der Waals surface area (Å²) in [5.41, 5.74) is 0. The Morgan fingerprint density at radius 2 is 1.47 bits per heavy atom. The van der Waals surface area contributed by atoms with Gasteiger partial charge in [0.2, 0.25) is 0 Å². The molecule has 0 spiro atoms. The van der Waals surface area contributed by atoms with E-state index in [1.54, 1.807) is 6.92 Å². The number of hydrogen-bond acceptors (Lipinski definition) is 4. The quantitative estimate of drug-likeness (QED) is 0.634. The maximum absolute atomic E-state index is 9.01. The topological polar surface area (TPSA) is 47.9 Å². The lowest BCUT2D eigenvalue weighted by Gasteiger charge is -2.18. The molecule has 0 aliphatic rings. The minimum atomic E-state index is -0.423. The summed E-state index contributed by atoms with van der Waals surface area (Å²) in [4.78, 5) is 0. The molecule has 0 amide bonds. The molecule has 4 nitrogen and oxygen atoms in total. The van der Waals surface area contributed by atoms with E-state index in [4.69, 9.17) is 19.3 Å². The molecule has 4 heteroatoms. The van der Waals surface area contributed by atoms with E-state index in [-0.39, 0.29) is 12.2 Å². The third-order valence-electron chi connectivity index (χ3n) is 1.79. The Labute approximate surface area is 92.5 Å². The van der Waals surface area contributed by atoms with Crippen LogP contribution in [0, 0.1) is 0 Å². The molecule has 0 aliphatic carbocycles. The normalized spacial score (nSPS) is 17.4. The molecule has 0 saturated heterocycles. The van der Waals surface area contributed by atoms with Gasteiger partial charge in [-0.2, -0.15) is 0 Å². The van der Waals surface area contributed by atoms with Gasteiger partial charge in [0.1, 0.15) is 0 Å². The van der Waals surface area contributed by atoms with E-state index in [0.29, 0.717) is 26.4 Å². The molecule has 92 valence electrons. The van der Waals surface area contributed by atoms with Gasteiger partial charge < -0.3 is 19.3 Å². The molecular weight excluding hydrogens is 196 g/mol. The van der Waals surface area contributed by atoms with E-state index in [9.17, 15) is 0 Å². The molecule has 3 atom stereocenters. The number of rotatable bonds is 9. The molecule has 0 heterocycles. The highest BCUT2D eigenvalue weighted by Crippen LogP contribution is 1.98. The highest BCUT2D eigenvalue weighted by atomic mass is 16.6.